The molecule has 1 unspecified atom stereocenters. The summed E-state index contributed by atoms with van der Waals surface area (Å²) in [6.07, 6.45) is 2.43. The summed E-state index contributed by atoms with van der Waals surface area (Å²) in [5.41, 5.74) is 2.86. The van der Waals surface area contributed by atoms with Gasteiger partial charge in [-0.1, -0.05) is 0 Å². The lowest BCUT2D eigenvalue weighted by molar-refractivity contribution is -0.122. The van der Waals surface area contributed by atoms with Gasteiger partial charge in [0.1, 0.15) is 5.82 Å². The molecule has 1 aromatic carbocycles. The first-order valence-corrected chi connectivity index (χ1v) is 9.98. The molecule has 0 bridgehead atoms. The second-order valence-electron chi connectivity index (χ2n) is 7.56. The maximum atomic E-state index is 13.0. The second kappa shape index (κ2) is 8.29. The maximum Gasteiger partial charge on any atom is 0.251 e. The molecule has 1 aromatic heterocycles. The largest absolute Gasteiger partial charge is 0.381 e. The third kappa shape index (κ3) is 4.15. The number of carbonyl (C=O) groups excluding carboxylic acids is 2. The molecular weight excluding hydrogens is 373 g/mol. The van der Waals surface area contributed by atoms with E-state index >= 15 is 0 Å². The van der Waals surface area contributed by atoms with Gasteiger partial charge in [-0.2, -0.15) is 0 Å². The Morgan fingerprint density at radius 2 is 2.03 bits per heavy atom. The highest BCUT2D eigenvalue weighted by Gasteiger charge is 2.32. The van der Waals surface area contributed by atoms with E-state index in [1.54, 1.807) is 0 Å². The summed E-state index contributed by atoms with van der Waals surface area (Å²) in [6.45, 7) is 3.68. The van der Waals surface area contributed by atoms with E-state index in [2.05, 4.69) is 5.32 Å². The van der Waals surface area contributed by atoms with Crippen molar-refractivity contribution in [2.24, 2.45) is 5.92 Å². The number of anilines is 1. The number of nitrogens with one attached hydrogen (secondary N) is 1. The molecule has 1 fully saturated rings. The molecule has 2 amide bonds. The number of aromatic nitrogens is 1. The molecule has 0 saturated carbocycles. The van der Waals surface area contributed by atoms with Gasteiger partial charge in [0.15, 0.2) is 0 Å². The minimum atomic E-state index is -0.380. The number of nitrogens with zero attached hydrogens (tertiary/aromatic N) is 2. The topological polar surface area (TPSA) is 71.5 Å². The van der Waals surface area contributed by atoms with Gasteiger partial charge in [0.05, 0.1) is 35.6 Å². The summed E-state index contributed by atoms with van der Waals surface area (Å²) >= 11 is 0. The van der Waals surface area contributed by atoms with Gasteiger partial charge in [-0.15, -0.1) is 0 Å². The van der Waals surface area contributed by atoms with Crippen LogP contribution in [0.2, 0.25) is 0 Å². The van der Waals surface area contributed by atoms with Gasteiger partial charge in [0.2, 0.25) is 5.91 Å². The average Bonchev–Trinajstić information content (AvgIpc) is 3.27. The Hall–Kier alpha value is -2.80. The minimum Gasteiger partial charge on any atom is -0.381 e. The number of amides is 2. The van der Waals surface area contributed by atoms with Crippen molar-refractivity contribution in [1.29, 1.82) is 0 Å². The number of pyridine rings is 1. The molecule has 6 nitrogen and oxygen atoms in total. The molecule has 0 aliphatic carbocycles. The molecule has 0 radical (unpaired) electrons. The molecule has 4 rings (SSSR count). The Morgan fingerprint density at radius 1 is 1.24 bits per heavy atom. The molecule has 152 valence electrons. The zero-order valence-corrected chi connectivity index (χ0v) is 16.4. The van der Waals surface area contributed by atoms with Gasteiger partial charge in [-0.05, 0) is 62.6 Å². The third-order valence-corrected chi connectivity index (χ3v) is 5.50. The summed E-state index contributed by atoms with van der Waals surface area (Å²) in [5, 5.41) is 2.90. The smallest absolute Gasteiger partial charge is 0.251 e. The van der Waals surface area contributed by atoms with Crippen LogP contribution in [0.1, 0.15) is 47.6 Å². The predicted octanol–water partition coefficient (Wildman–Crippen LogP) is 3.03. The predicted molar refractivity (Wildman–Crippen MR) is 106 cm³/mol. The van der Waals surface area contributed by atoms with Gasteiger partial charge < -0.3 is 15.0 Å². The number of halogens is 1. The Balaban J connectivity index is 1.49. The molecule has 1 N–H and O–H groups in total. The van der Waals surface area contributed by atoms with E-state index in [-0.39, 0.29) is 29.6 Å². The van der Waals surface area contributed by atoms with Crippen LogP contribution in [0.25, 0.3) is 0 Å². The number of fused-ring (bicyclic) bond motifs is 1. The number of ether oxygens (including phenoxy) is 1. The lowest BCUT2D eigenvalue weighted by Crippen LogP contribution is -2.40. The first kappa shape index (κ1) is 19.5. The van der Waals surface area contributed by atoms with E-state index in [4.69, 9.17) is 9.72 Å². The number of hydrogen-bond donors (Lipinski definition) is 1. The SMILES string of the molecule is C[C@@H](NC(=O)c1ccc(F)cc1)c1ccc2c(n1)CCCN2C(=O)C1CCOC1. The number of aryl methyl sites for hydroxylation is 1. The van der Waals surface area contributed by atoms with Crippen molar-refractivity contribution in [3.05, 3.63) is 59.2 Å². The summed E-state index contributed by atoms with van der Waals surface area (Å²) in [6, 6.07) is 8.89. The van der Waals surface area contributed by atoms with Crippen LogP contribution in [0.4, 0.5) is 10.1 Å². The van der Waals surface area contributed by atoms with Crippen LogP contribution in [-0.4, -0.2) is 36.6 Å². The first-order valence-electron chi connectivity index (χ1n) is 9.98. The normalized spacial score (nSPS) is 19.5. The van der Waals surface area contributed by atoms with Gasteiger partial charge in [-0.25, -0.2) is 4.39 Å². The van der Waals surface area contributed by atoms with E-state index in [0.717, 1.165) is 36.3 Å². The van der Waals surface area contributed by atoms with Crippen LogP contribution in [-0.2, 0) is 16.0 Å². The Morgan fingerprint density at radius 3 is 2.76 bits per heavy atom. The lowest BCUT2D eigenvalue weighted by atomic mass is 10.0. The van der Waals surface area contributed by atoms with Crippen molar-refractivity contribution in [3.8, 4) is 0 Å². The van der Waals surface area contributed by atoms with E-state index < -0.39 is 0 Å². The van der Waals surface area contributed by atoms with Crippen molar-refractivity contribution in [2.75, 3.05) is 24.7 Å². The highest BCUT2D eigenvalue weighted by Crippen LogP contribution is 2.30. The zero-order valence-electron chi connectivity index (χ0n) is 16.4. The van der Waals surface area contributed by atoms with Gasteiger partial charge >= 0.3 is 0 Å². The van der Waals surface area contributed by atoms with Crippen LogP contribution in [0.5, 0.6) is 0 Å². The zero-order chi connectivity index (χ0) is 20.4. The summed E-state index contributed by atoms with van der Waals surface area (Å²) in [4.78, 5) is 31.8. The third-order valence-electron chi connectivity index (χ3n) is 5.50. The molecule has 29 heavy (non-hydrogen) atoms. The molecule has 2 aliphatic heterocycles. The monoisotopic (exact) mass is 397 g/mol. The standard InChI is InChI=1S/C22H24FN3O3/c1-14(24-21(27)15-4-6-17(23)7-5-15)18-8-9-20-19(25-18)3-2-11-26(20)22(28)16-10-12-29-13-16/h4-9,14,16H,2-3,10-13H2,1H3,(H,24,27)/t14-,16?/m1/s1. The van der Waals surface area contributed by atoms with E-state index in [9.17, 15) is 14.0 Å². The fraction of sp³-hybridized carbons (Fsp3) is 0.409. The minimum absolute atomic E-state index is 0.0745. The maximum absolute atomic E-state index is 13.0. The quantitative estimate of drug-likeness (QED) is 0.861. The van der Waals surface area contributed by atoms with Crippen molar-refractivity contribution in [1.82, 2.24) is 10.3 Å². The number of benzene rings is 1. The molecule has 2 aromatic rings. The fourth-order valence-corrected chi connectivity index (χ4v) is 3.84. The van der Waals surface area contributed by atoms with Gasteiger partial charge in [0.25, 0.3) is 5.91 Å². The number of carbonyl (C=O) groups is 2. The molecule has 3 heterocycles. The second-order valence-corrected chi connectivity index (χ2v) is 7.56. The van der Waals surface area contributed by atoms with Crippen LogP contribution in [0.3, 0.4) is 0 Å². The van der Waals surface area contributed by atoms with Gasteiger partial charge in [0, 0.05) is 18.7 Å². The molecule has 0 spiro atoms. The Bertz CT molecular complexity index is 910. The van der Waals surface area contributed by atoms with Crippen molar-refractivity contribution in [3.63, 3.8) is 0 Å². The van der Waals surface area contributed by atoms with Crippen molar-refractivity contribution in [2.45, 2.75) is 32.2 Å². The highest BCUT2D eigenvalue weighted by molar-refractivity contribution is 5.96. The number of rotatable bonds is 4. The first-order chi connectivity index (χ1) is 14.0. The fourth-order valence-electron chi connectivity index (χ4n) is 3.84. The van der Waals surface area contributed by atoms with E-state index in [1.165, 1.54) is 24.3 Å². The number of hydrogen-bond acceptors (Lipinski definition) is 4. The molecule has 1 saturated heterocycles. The average molecular weight is 397 g/mol. The van der Waals surface area contributed by atoms with Crippen molar-refractivity contribution >= 4 is 17.5 Å². The Labute approximate surface area is 169 Å². The summed E-state index contributed by atoms with van der Waals surface area (Å²) < 4.78 is 18.4. The molecule has 2 atom stereocenters. The van der Waals surface area contributed by atoms with Crippen LogP contribution >= 0.6 is 0 Å². The van der Waals surface area contributed by atoms with E-state index in [1.807, 2.05) is 24.0 Å². The van der Waals surface area contributed by atoms with Crippen LogP contribution < -0.4 is 10.2 Å². The van der Waals surface area contributed by atoms with Crippen LogP contribution in [0, 0.1) is 11.7 Å². The van der Waals surface area contributed by atoms with Crippen molar-refractivity contribution < 1.29 is 18.7 Å². The summed E-state index contributed by atoms with van der Waals surface area (Å²) in [5.74, 6) is -0.630. The highest BCUT2D eigenvalue weighted by atomic mass is 19.1. The summed E-state index contributed by atoms with van der Waals surface area (Å²) in [7, 11) is 0. The molecule has 2 aliphatic rings. The van der Waals surface area contributed by atoms with E-state index in [0.29, 0.717) is 25.3 Å². The molecule has 7 heteroatoms. The van der Waals surface area contributed by atoms with Gasteiger partial charge in [-0.3, -0.25) is 14.6 Å². The molecular formula is C22H24FN3O3. The lowest BCUT2D eigenvalue weighted by Gasteiger charge is -2.31. The van der Waals surface area contributed by atoms with Crippen LogP contribution in [0.15, 0.2) is 36.4 Å². The Kier molecular flexibility index (Phi) is 5.58.